The van der Waals surface area contributed by atoms with Crippen molar-refractivity contribution in [3.05, 3.63) is 18.0 Å². The standard InChI is InChI=1S/C18H26N4O5/c1-18(2,3)12-6-7-19-17(22-12)21-11-9-27-15-10(8-26-16(11)15)20-13(23)4-5-14(24)25/h6-7,10-11,15-16H,4-5,8-9H2,1-3H3,(H,20,23)(H,24,25)(H,19,21,22)/p-1/t10-,11-,15+,16+/m0/s1. The van der Waals surface area contributed by atoms with E-state index in [1.54, 1.807) is 6.20 Å². The van der Waals surface area contributed by atoms with E-state index in [1.165, 1.54) is 0 Å². The number of rotatable bonds is 6. The van der Waals surface area contributed by atoms with Gasteiger partial charge in [-0.2, -0.15) is 0 Å². The molecule has 0 spiro atoms. The summed E-state index contributed by atoms with van der Waals surface area (Å²) in [7, 11) is 0. The molecule has 1 aromatic rings. The molecule has 9 heteroatoms. The highest BCUT2D eigenvalue weighted by Gasteiger charge is 2.48. The molecule has 148 valence electrons. The van der Waals surface area contributed by atoms with Crippen molar-refractivity contribution in [1.82, 2.24) is 15.3 Å². The summed E-state index contributed by atoms with van der Waals surface area (Å²) in [4.78, 5) is 31.2. The summed E-state index contributed by atoms with van der Waals surface area (Å²) >= 11 is 0. The van der Waals surface area contributed by atoms with Crippen molar-refractivity contribution >= 4 is 17.8 Å². The lowest BCUT2D eigenvalue weighted by Gasteiger charge is -2.21. The SMILES string of the molecule is CC(C)(C)c1ccnc(N[C@H]2CO[C@H]3[C@@H]2OC[C@@H]3NC(=O)CCC(=O)[O-])n1. The zero-order valence-electron chi connectivity index (χ0n) is 15.7. The summed E-state index contributed by atoms with van der Waals surface area (Å²) in [6.45, 7) is 6.97. The van der Waals surface area contributed by atoms with E-state index in [0.717, 1.165) is 5.69 Å². The Balaban J connectivity index is 1.58. The first-order valence-corrected chi connectivity index (χ1v) is 9.06. The molecule has 2 saturated heterocycles. The summed E-state index contributed by atoms with van der Waals surface area (Å²) in [5, 5.41) is 16.5. The highest BCUT2D eigenvalue weighted by Crippen LogP contribution is 2.29. The minimum atomic E-state index is -1.25. The zero-order valence-corrected chi connectivity index (χ0v) is 15.7. The molecule has 3 heterocycles. The van der Waals surface area contributed by atoms with Crippen LogP contribution >= 0.6 is 0 Å². The molecular weight excluding hydrogens is 352 g/mol. The van der Waals surface area contributed by atoms with E-state index in [0.29, 0.717) is 19.2 Å². The van der Waals surface area contributed by atoms with Crippen molar-refractivity contribution in [2.45, 2.75) is 63.3 Å². The fraction of sp³-hybridized carbons (Fsp3) is 0.667. The second kappa shape index (κ2) is 7.77. The van der Waals surface area contributed by atoms with Crippen LogP contribution in [0.4, 0.5) is 5.95 Å². The number of fused-ring (bicyclic) bond motifs is 1. The van der Waals surface area contributed by atoms with Crippen LogP contribution < -0.4 is 15.7 Å². The maximum Gasteiger partial charge on any atom is 0.223 e. The van der Waals surface area contributed by atoms with Gasteiger partial charge in [0.1, 0.15) is 12.2 Å². The van der Waals surface area contributed by atoms with E-state index in [2.05, 4.69) is 41.4 Å². The first kappa shape index (κ1) is 19.5. The van der Waals surface area contributed by atoms with Crippen molar-refractivity contribution in [1.29, 1.82) is 0 Å². The van der Waals surface area contributed by atoms with Gasteiger partial charge in [0.05, 0.1) is 31.0 Å². The number of aromatic nitrogens is 2. The highest BCUT2D eigenvalue weighted by atomic mass is 16.6. The summed E-state index contributed by atoms with van der Waals surface area (Å²) in [5.74, 6) is -1.08. The summed E-state index contributed by atoms with van der Waals surface area (Å²) in [6.07, 6.45) is 0.767. The van der Waals surface area contributed by atoms with Crippen molar-refractivity contribution in [2.24, 2.45) is 0 Å². The molecule has 0 aromatic carbocycles. The Morgan fingerprint density at radius 3 is 2.52 bits per heavy atom. The Kier molecular flexibility index (Phi) is 5.61. The highest BCUT2D eigenvalue weighted by molar-refractivity contribution is 5.80. The van der Waals surface area contributed by atoms with Gasteiger partial charge in [-0.05, 0) is 12.5 Å². The van der Waals surface area contributed by atoms with Crippen LogP contribution in [0, 0.1) is 0 Å². The molecule has 0 radical (unpaired) electrons. The van der Waals surface area contributed by atoms with Crippen LogP contribution in [-0.2, 0) is 24.5 Å². The number of carboxylic acid groups (broad SMARTS) is 1. The number of amides is 1. The van der Waals surface area contributed by atoms with Crippen LogP contribution in [0.15, 0.2) is 12.3 Å². The third-order valence-electron chi connectivity index (χ3n) is 4.69. The van der Waals surface area contributed by atoms with Crippen molar-refractivity contribution in [3.63, 3.8) is 0 Å². The molecular formula is C18H25N4O5-. The quantitative estimate of drug-likeness (QED) is 0.671. The number of hydrogen-bond donors (Lipinski definition) is 2. The number of carbonyl (C=O) groups is 2. The van der Waals surface area contributed by atoms with Gasteiger partial charge in [0.15, 0.2) is 0 Å². The predicted molar refractivity (Wildman–Crippen MR) is 93.8 cm³/mol. The summed E-state index contributed by atoms with van der Waals surface area (Å²) in [5.41, 5.74) is 0.847. The molecule has 0 saturated carbocycles. The molecule has 2 aliphatic heterocycles. The minimum Gasteiger partial charge on any atom is -0.550 e. The van der Waals surface area contributed by atoms with Gasteiger partial charge in [0.25, 0.3) is 0 Å². The average molecular weight is 377 g/mol. The molecule has 2 aliphatic rings. The van der Waals surface area contributed by atoms with Gasteiger partial charge in [-0.25, -0.2) is 9.97 Å². The lowest BCUT2D eigenvalue weighted by Crippen LogP contribution is -2.45. The maximum absolute atomic E-state index is 11.8. The first-order valence-electron chi connectivity index (χ1n) is 9.06. The van der Waals surface area contributed by atoms with Gasteiger partial charge in [0.2, 0.25) is 11.9 Å². The second-order valence-electron chi connectivity index (χ2n) is 7.91. The van der Waals surface area contributed by atoms with E-state index in [-0.39, 0.29) is 48.5 Å². The fourth-order valence-electron chi connectivity index (χ4n) is 3.25. The van der Waals surface area contributed by atoms with E-state index < -0.39 is 5.97 Å². The maximum atomic E-state index is 11.8. The van der Waals surface area contributed by atoms with E-state index in [9.17, 15) is 14.7 Å². The summed E-state index contributed by atoms with van der Waals surface area (Å²) in [6, 6.07) is 1.46. The molecule has 1 aromatic heterocycles. The molecule has 0 aliphatic carbocycles. The van der Waals surface area contributed by atoms with Crippen LogP contribution in [0.25, 0.3) is 0 Å². The predicted octanol–water partition coefficient (Wildman–Crippen LogP) is -0.633. The first-order chi connectivity index (χ1) is 12.7. The number of nitrogens with one attached hydrogen (secondary N) is 2. The van der Waals surface area contributed by atoms with Crippen molar-refractivity contribution < 1.29 is 24.2 Å². The molecule has 27 heavy (non-hydrogen) atoms. The summed E-state index contributed by atoms with van der Waals surface area (Å²) < 4.78 is 11.6. The smallest absolute Gasteiger partial charge is 0.223 e. The monoisotopic (exact) mass is 377 g/mol. The Bertz CT molecular complexity index is 705. The van der Waals surface area contributed by atoms with E-state index in [4.69, 9.17) is 9.47 Å². The second-order valence-corrected chi connectivity index (χ2v) is 7.91. The van der Waals surface area contributed by atoms with Gasteiger partial charge in [-0.3, -0.25) is 4.79 Å². The van der Waals surface area contributed by atoms with Gasteiger partial charge in [-0.1, -0.05) is 20.8 Å². The number of carboxylic acids is 1. The average Bonchev–Trinajstić information content (AvgIpc) is 3.16. The molecule has 1 amide bonds. The number of nitrogens with zero attached hydrogens (tertiary/aromatic N) is 2. The van der Waals surface area contributed by atoms with Crippen LogP contribution in [0.5, 0.6) is 0 Å². The van der Waals surface area contributed by atoms with Crippen molar-refractivity contribution in [2.75, 3.05) is 18.5 Å². The lowest BCUT2D eigenvalue weighted by molar-refractivity contribution is -0.305. The Labute approximate surface area is 157 Å². The fourth-order valence-corrected chi connectivity index (χ4v) is 3.25. The van der Waals surface area contributed by atoms with Crippen LogP contribution in [0.2, 0.25) is 0 Å². The Morgan fingerprint density at radius 2 is 1.85 bits per heavy atom. The largest absolute Gasteiger partial charge is 0.550 e. The van der Waals surface area contributed by atoms with Crippen LogP contribution in [0.1, 0.15) is 39.3 Å². The van der Waals surface area contributed by atoms with Gasteiger partial charge in [0, 0.05) is 24.0 Å². The molecule has 3 rings (SSSR count). The number of carbonyl (C=O) groups excluding carboxylic acids is 2. The molecule has 2 fully saturated rings. The normalized spacial score (nSPS) is 27.2. The molecule has 0 bridgehead atoms. The molecule has 2 N–H and O–H groups in total. The van der Waals surface area contributed by atoms with Crippen molar-refractivity contribution in [3.8, 4) is 0 Å². The molecule has 4 atom stereocenters. The van der Waals surface area contributed by atoms with E-state index >= 15 is 0 Å². The molecule has 9 nitrogen and oxygen atoms in total. The van der Waals surface area contributed by atoms with Crippen LogP contribution in [0.3, 0.4) is 0 Å². The number of hydrogen-bond acceptors (Lipinski definition) is 8. The lowest BCUT2D eigenvalue weighted by atomic mass is 9.92. The van der Waals surface area contributed by atoms with E-state index in [1.807, 2.05) is 6.07 Å². The minimum absolute atomic E-state index is 0.0845. The third-order valence-corrected chi connectivity index (χ3v) is 4.69. The van der Waals surface area contributed by atoms with Gasteiger partial charge < -0.3 is 30.0 Å². The van der Waals surface area contributed by atoms with Crippen LogP contribution in [-0.4, -0.2) is 59.3 Å². The van der Waals surface area contributed by atoms with Gasteiger partial charge in [-0.15, -0.1) is 0 Å². The number of aliphatic carboxylic acids is 1. The molecule has 0 unspecified atom stereocenters. The zero-order chi connectivity index (χ0) is 19.6. The topological polar surface area (TPSA) is 126 Å². The number of anilines is 1. The number of ether oxygens (including phenoxy) is 2. The Morgan fingerprint density at radius 1 is 1.19 bits per heavy atom. The Hall–Kier alpha value is -2.26. The van der Waals surface area contributed by atoms with Gasteiger partial charge >= 0.3 is 0 Å². The third kappa shape index (κ3) is 4.72.